The van der Waals surface area contributed by atoms with E-state index in [2.05, 4.69) is 22.3 Å². The SMILES string of the molecule is OCc1ccc(CN2CCCCC2C2CCCN2)cc1. The highest BCUT2D eigenvalue weighted by molar-refractivity contribution is 5.22. The lowest BCUT2D eigenvalue weighted by molar-refractivity contribution is 0.112. The maximum absolute atomic E-state index is 9.12. The highest BCUT2D eigenvalue weighted by atomic mass is 16.3. The smallest absolute Gasteiger partial charge is 0.0681 e. The molecule has 3 nitrogen and oxygen atoms in total. The molecule has 0 aromatic heterocycles. The third-order valence-electron chi connectivity index (χ3n) is 4.82. The zero-order valence-electron chi connectivity index (χ0n) is 12.2. The van der Waals surface area contributed by atoms with E-state index in [0.29, 0.717) is 12.1 Å². The third-order valence-corrected chi connectivity index (χ3v) is 4.82. The van der Waals surface area contributed by atoms with Crippen LogP contribution >= 0.6 is 0 Å². The van der Waals surface area contributed by atoms with Crippen molar-refractivity contribution in [2.45, 2.75) is 57.3 Å². The number of nitrogens with zero attached hydrogens (tertiary/aromatic N) is 1. The predicted octanol–water partition coefficient (Wildman–Crippen LogP) is 2.29. The van der Waals surface area contributed by atoms with Crippen LogP contribution in [-0.4, -0.2) is 35.2 Å². The number of benzene rings is 1. The molecular weight excluding hydrogens is 248 g/mol. The number of hydrogen-bond donors (Lipinski definition) is 2. The Hall–Kier alpha value is -0.900. The van der Waals surface area contributed by atoms with Crippen LogP contribution in [0.15, 0.2) is 24.3 Å². The second-order valence-electron chi connectivity index (χ2n) is 6.21. The quantitative estimate of drug-likeness (QED) is 0.884. The van der Waals surface area contributed by atoms with Gasteiger partial charge in [0, 0.05) is 18.6 Å². The highest BCUT2D eigenvalue weighted by Crippen LogP contribution is 2.25. The van der Waals surface area contributed by atoms with Gasteiger partial charge >= 0.3 is 0 Å². The van der Waals surface area contributed by atoms with E-state index >= 15 is 0 Å². The largest absolute Gasteiger partial charge is 0.392 e. The number of aliphatic hydroxyl groups excluding tert-OH is 1. The molecule has 0 spiro atoms. The van der Waals surface area contributed by atoms with Crippen molar-refractivity contribution in [3.8, 4) is 0 Å². The Labute approximate surface area is 122 Å². The normalized spacial score (nSPS) is 27.9. The molecule has 0 saturated carbocycles. The molecule has 2 heterocycles. The van der Waals surface area contributed by atoms with Crippen molar-refractivity contribution in [3.63, 3.8) is 0 Å². The average Bonchev–Trinajstić information content (AvgIpc) is 3.03. The van der Waals surface area contributed by atoms with Gasteiger partial charge in [-0.2, -0.15) is 0 Å². The monoisotopic (exact) mass is 274 g/mol. The van der Waals surface area contributed by atoms with Crippen molar-refractivity contribution in [1.29, 1.82) is 0 Å². The first-order valence-electron chi connectivity index (χ1n) is 8.03. The van der Waals surface area contributed by atoms with Crippen LogP contribution < -0.4 is 5.32 Å². The summed E-state index contributed by atoms with van der Waals surface area (Å²) in [4.78, 5) is 2.67. The van der Waals surface area contributed by atoms with Gasteiger partial charge in [-0.3, -0.25) is 4.90 Å². The van der Waals surface area contributed by atoms with Crippen molar-refractivity contribution >= 4 is 0 Å². The first-order chi connectivity index (χ1) is 9.86. The van der Waals surface area contributed by atoms with Crippen LogP contribution in [0, 0.1) is 0 Å². The van der Waals surface area contributed by atoms with Gasteiger partial charge in [0.2, 0.25) is 0 Å². The fraction of sp³-hybridized carbons (Fsp3) is 0.647. The summed E-state index contributed by atoms with van der Waals surface area (Å²) in [5.74, 6) is 0. The molecular formula is C17H26N2O. The van der Waals surface area contributed by atoms with Crippen molar-refractivity contribution in [2.24, 2.45) is 0 Å². The Kier molecular flexibility index (Phi) is 4.71. The van der Waals surface area contributed by atoms with Gasteiger partial charge in [0.05, 0.1) is 6.61 Å². The van der Waals surface area contributed by atoms with Crippen LogP contribution in [0.25, 0.3) is 0 Å². The Balaban J connectivity index is 1.66. The summed E-state index contributed by atoms with van der Waals surface area (Å²) >= 11 is 0. The van der Waals surface area contributed by atoms with Crippen LogP contribution in [-0.2, 0) is 13.2 Å². The van der Waals surface area contributed by atoms with E-state index in [1.165, 1.54) is 50.8 Å². The standard InChI is InChI=1S/C17H26N2O/c20-13-15-8-6-14(7-9-15)12-19-11-2-1-5-17(19)16-4-3-10-18-16/h6-9,16-18,20H,1-5,10-13H2. The molecule has 20 heavy (non-hydrogen) atoms. The fourth-order valence-electron chi connectivity index (χ4n) is 3.69. The Morgan fingerprint density at radius 3 is 2.55 bits per heavy atom. The molecule has 0 aliphatic carbocycles. The maximum atomic E-state index is 9.12. The summed E-state index contributed by atoms with van der Waals surface area (Å²) in [6.07, 6.45) is 6.72. The van der Waals surface area contributed by atoms with E-state index in [9.17, 15) is 0 Å². The molecule has 1 aromatic rings. The Bertz CT molecular complexity index is 412. The fourth-order valence-corrected chi connectivity index (χ4v) is 3.69. The van der Waals surface area contributed by atoms with Gasteiger partial charge in [0.1, 0.15) is 0 Å². The molecule has 2 fully saturated rings. The molecule has 2 aliphatic rings. The minimum Gasteiger partial charge on any atom is -0.392 e. The Morgan fingerprint density at radius 2 is 1.85 bits per heavy atom. The molecule has 2 atom stereocenters. The molecule has 2 aliphatic heterocycles. The van der Waals surface area contributed by atoms with Gasteiger partial charge in [-0.15, -0.1) is 0 Å². The summed E-state index contributed by atoms with van der Waals surface area (Å²) in [5, 5.41) is 12.8. The summed E-state index contributed by atoms with van der Waals surface area (Å²) < 4.78 is 0. The van der Waals surface area contributed by atoms with Gasteiger partial charge in [-0.1, -0.05) is 30.7 Å². The average molecular weight is 274 g/mol. The topological polar surface area (TPSA) is 35.5 Å². The van der Waals surface area contributed by atoms with Crippen LogP contribution in [0.5, 0.6) is 0 Å². The number of piperidine rings is 1. The van der Waals surface area contributed by atoms with Crippen molar-refractivity contribution in [3.05, 3.63) is 35.4 Å². The van der Waals surface area contributed by atoms with Crippen LogP contribution in [0.4, 0.5) is 0 Å². The van der Waals surface area contributed by atoms with E-state index in [1.54, 1.807) is 0 Å². The second-order valence-corrected chi connectivity index (χ2v) is 6.21. The molecule has 0 radical (unpaired) electrons. The van der Waals surface area contributed by atoms with Crippen molar-refractivity contribution in [1.82, 2.24) is 10.2 Å². The lowest BCUT2D eigenvalue weighted by Crippen LogP contribution is -2.49. The van der Waals surface area contributed by atoms with Crippen LogP contribution in [0.2, 0.25) is 0 Å². The molecule has 2 unspecified atom stereocenters. The number of rotatable bonds is 4. The van der Waals surface area contributed by atoms with E-state index in [0.717, 1.165) is 12.1 Å². The van der Waals surface area contributed by atoms with Gasteiger partial charge in [0.25, 0.3) is 0 Å². The van der Waals surface area contributed by atoms with Crippen LogP contribution in [0.1, 0.15) is 43.2 Å². The van der Waals surface area contributed by atoms with E-state index in [-0.39, 0.29) is 6.61 Å². The number of aliphatic hydroxyl groups is 1. The number of hydrogen-bond acceptors (Lipinski definition) is 3. The second kappa shape index (κ2) is 6.70. The molecule has 3 rings (SSSR count). The summed E-state index contributed by atoms with van der Waals surface area (Å²) in [6, 6.07) is 9.83. The first-order valence-corrected chi connectivity index (χ1v) is 8.03. The maximum Gasteiger partial charge on any atom is 0.0681 e. The lowest BCUT2D eigenvalue weighted by atomic mass is 9.94. The minimum absolute atomic E-state index is 0.138. The first kappa shape index (κ1) is 14.1. The predicted molar refractivity (Wildman–Crippen MR) is 81.4 cm³/mol. The van der Waals surface area contributed by atoms with Gasteiger partial charge < -0.3 is 10.4 Å². The third kappa shape index (κ3) is 3.22. The number of likely N-dealkylation sites (tertiary alicyclic amines) is 1. The van der Waals surface area contributed by atoms with E-state index in [1.807, 2.05) is 12.1 Å². The summed E-state index contributed by atoms with van der Waals surface area (Å²) in [5.41, 5.74) is 2.37. The molecule has 0 amide bonds. The molecule has 110 valence electrons. The lowest BCUT2D eigenvalue weighted by Gasteiger charge is -2.39. The van der Waals surface area contributed by atoms with Gasteiger partial charge in [-0.25, -0.2) is 0 Å². The Morgan fingerprint density at radius 1 is 1.05 bits per heavy atom. The minimum atomic E-state index is 0.138. The molecule has 2 N–H and O–H groups in total. The number of nitrogens with one attached hydrogen (secondary N) is 1. The van der Waals surface area contributed by atoms with Crippen molar-refractivity contribution < 1.29 is 5.11 Å². The molecule has 3 heteroatoms. The van der Waals surface area contributed by atoms with E-state index < -0.39 is 0 Å². The zero-order valence-corrected chi connectivity index (χ0v) is 12.2. The molecule has 2 saturated heterocycles. The zero-order chi connectivity index (χ0) is 13.8. The van der Waals surface area contributed by atoms with Gasteiger partial charge in [0.15, 0.2) is 0 Å². The highest BCUT2D eigenvalue weighted by Gasteiger charge is 2.31. The summed E-state index contributed by atoms with van der Waals surface area (Å²) in [6.45, 7) is 3.61. The van der Waals surface area contributed by atoms with E-state index in [4.69, 9.17) is 5.11 Å². The van der Waals surface area contributed by atoms with Crippen LogP contribution in [0.3, 0.4) is 0 Å². The molecule has 1 aromatic carbocycles. The van der Waals surface area contributed by atoms with Crippen molar-refractivity contribution in [2.75, 3.05) is 13.1 Å². The summed E-state index contributed by atoms with van der Waals surface area (Å²) in [7, 11) is 0. The van der Waals surface area contributed by atoms with Gasteiger partial charge in [-0.05, 0) is 49.9 Å². The molecule has 0 bridgehead atoms.